The number of rotatable bonds is 7. The molecule has 1 aliphatic heterocycles. The zero-order valence-corrected chi connectivity index (χ0v) is 18.0. The van der Waals surface area contributed by atoms with E-state index in [9.17, 15) is 0 Å². The Morgan fingerprint density at radius 3 is 2.62 bits per heavy atom. The summed E-state index contributed by atoms with van der Waals surface area (Å²) in [7, 11) is 0. The Kier molecular flexibility index (Phi) is 6.31. The molecule has 4 rings (SSSR count). The minimum atomic E-state index is 0.262. The number of aromatic nitrogens is 2. The van der Waals surface area contributed by atoms with Crippen molar-refractivity contribution in [2.24, 2.45) is 0 Å². The van der Waals surface area contributed by atoms with Crippen LogP contribution in [0.2, 0.25) is 0 Å². The molecule has 1 saturated heterocycles. The maximum atomic E-state index is 5.84. The van der Waals surface area contributed by atoms with E-state index < -0.39 is 0 Å². The van der Waals surface area contributed by atoms with Gasteiger partial charge in [0.2, 0.25) is 0 Å². The number of imidazole rings is 1. The van der Waals surface area contributed by atoms with E-state index in [0.717, 1.165) is 38.3 Å². The summed E-state index contributed by atoms with van der Waals surface area (Å²) in [5, 5.41) is 0. The van der Waals surface area contributed by atoms with Crippen molar-refractivity contribution in [3.8, 4) is 0 Å². The van der Waals surface area contributed by atoms with Gasteiger partial charge >= 0.3 is 0 Å². The van der Waals surface area contributed by atoms with Gasteiger partial charge in [-0.05, 0) is 64.4 Å². The van der Waals surface area contributed by atoms with Crippen molar-refractivity contribution in [3.05, 3.63) is 65.5 Å². The normalized spacial score (nSPS) is 16.1. The average Bonchev–Trinajstić information content (AvgIpc) is 3.07. The SMILES string of the molecule is Cc1cccc(CN2CCC(c3nc4ccccc4n3CCOC(C)C)CC2)c1. The van der Waals surface area contributed by atoms with Gasteiger partial charge in [0.15, 0.2) is 0 Å². The lowest BCUT2D eigenvalue weighted by Crippen LogP contribution is -2.33. The highest BCUT2D eigenvalue weighted by Crippen LogP contribution is 2.31. The van der Waals surface area contributed by atoms with E-state index in [2.05, 4.69) is 78.8 Å². The van der Waals surface area contributed by atoms with Gasteiger partial charge in [0.25, 0.3) is 0 Å². The van der Waals surface area contributed by atoms with Crippen LogP contribution in [0.25, 0.3) is 11.0 Å². The molecule has 29 heavy (non-hydrogen) atoms. The summed E-state index contributed by atoms with van der Waals surface area (Å²) in [5.41, 5.74) is 5.10. The molecule has 0 N–H and O–H groups in total. The Morgan fingerprint density at radius 2 is 1.86 bits per heavy atom. The van der Waals surface area contributed by atoms with Crippen molar-refractivity contribution in [1.29, 1.82) is 0 Å². The smallest absolute Gasteiger partial charge is 0.113 e. The number of piperidine rings is 1. The first-order valence-electron chi connectivity index (χ1n) is 10.9. The highest BCUT2D eigenvalue weighted by molar-refractivity contribution is 5.76. The minimum Gasteiger partial charge on any atom is -0.377 e. The maximum Gasteiger partial charge on any atom is 0.113 e. The first-order valence-corrected chi connectivity index (χ1v) is 10.9. The minimum absolute atomic E-state index is 0.262. The predicted octanol–water partition coefficient (Wildman–Crippen LogP) is 5.15. The summed E-state index contributed by atoms with van der Waals surface area (Å²) < 4.78 is 8.24. The van der Waals surface area contributed by atoms with Gasteiger partial charge in [-0.1, -0.05) is 42.0 Å². The van der Waals surface area contributed by atoms with Gasteiger partial charge in [-0.25, -0.2) is 4.98 Å². The number of nitrogens with zero attached hydrogens (tertiary/aromatic N) is 3. The molecule has 1 aromatic heterocycles. The fourth-order valence-electron chi connectivity index (χ4n) is 4.44. The number of hydrogen-bond donors (Lipinski definition) is 0. The van der Waals surface area contributed by atoms with Crippen LogP contribution in [0.5, 0.6) is 0 Å². The number of ether oxygens (including phenoxy) is 1. The summed E-state index contributed by atoms with van der Waals surface area (Å²) >= 11 is 0. The fraction of sp³-hybridized carbons (Fsp3) is 0.480. The summed E-state index contributed by atoms with van der Waals surface area (Å²) in [6.07, 6.45) is 2.60. The van der Waals surface area contributed by atoms with Crippen molar-refractivity contribution in [3.63, 3.8) is 0 Å². The molecule has 0 bridgehead atoms. The van der Waals surface area contributed by atoms with Gasteiger partial charge in [0.05, 0.1) is 23.7 Å². The van der Waals surface area contributed by atoms with Crippen molar-refractivity contribution >= 4 is 11.0 Å². The average molecular weight is 392 g/mol. The third-order valence-corrected chi connectivity index (χ3v) is 5.89. The van der Waals surface area contributed by atoms with Crippen LogP contribution in [-0.4, -0.2) is 40.3 Å². The van der Waals surface area contributed by atoms with Crippen molar-refractivity contribution in [2.45, 2.75) is 58.7 Å². The summed E-state index contributed by atoms with van der Waals surface area (Å²) in [4.78, 5) is 7.63. The molecule has 0 aliphatic carbocycles. The molecule has 1 fully saturated rings. The molecule has 2 aromatic carbocycles. The third-order valence-electron chi connectivity index (χ3n) is 5.89. The number of para-hydroxylation sites is 2. The van der Waals surface area contributed by atoms with Gasteiger partial charge < -0.3 is 9.30 Å². The number of fused-ring (bicyclic) bond motifs is 1. The second-order valence-corrected chi connectivity index (χ2v) is 8.57. The molecule has 154 valence electrons. The lowest BCUT2D eigenvalue weighted by Gasteiger charge is -2.32. The molecule has 0 unspecified atom stereocenters. The van der Waals surface area contributed by atoms with E-state index >= 15 is 0 Å². The van der Waals surface area contributed by atoms with Crippen LogP contribution in [0.15, 0.2) is 48.5 Å². The first kappa shape index (κ1) is 20.1. The van der Waals surface area contributed by atoms with Gasteiger partial charge in [-0.15, -0.1) is 0 Å². The molecule has 4 nitrogen and oxygen atoms in total. The van der Waals surface area contributed by atoms with Crippen LogP contribution in [0.1, 0.15) is 49.6 Å². The third kappa shape index (κ3) is 4.88. The monoisotopic (exact) mass is 391 g/mol. The highest BCUT2D eigenvalue weighted by atomic mass is 16.5. The van der Waals surface area contributed by atoms with Gasteiger partial charge in [-0.3, -0.25) is 4.90 Å². The lowest BCUT2D eigenvalue weighted by atomic mass is 9.95. The largest absolute Gasteiger partial charge is 0.377 e. The fourth-order valence-corrected chi connectivity index (χ4v) is 4.44. The highest BCUT2D eigenvalue weighted by Gasteiger charge is 2.25. The van der Waals surface area contributed by atoms with E-state index in [1.165, 1.54) is 35.3 Å². The first-order chi connectivity index (χ1) is 14.1. The van der Waals surface area contributed by atoms with Gasteiger partial charge in [0.1, 0.15) is 5.82 Å². The van der Waals surface area contributed by atoms with Crippen LogP contribution in [-0.2, 0) is 17.8 Å². The van der Waals surface area contributed by atoms with Crippen LogP contribution >= 0.6 is 0 Å². The lowest BCUT2D eigenvalue weighted by molar-refractivity contribution is 0.0724. The number of likely N-dealkylation sites (tertiary alicyclic amines) is 1. The van der Waals surface area contributed by atoms with Gasteiger partial charge in [-0.2, -0.15) is 0 Å². The summed E-state index contributed by atoms with van der Waals surface area (Å²) in [6.45, 7) is 11.3. The van der Waals surface area contributed by atoms with E-state index in [4.69, 9.17) is 9.72 Å². The van der Waals surface area contributed by atoms with Crippen molar-refractivity contribution < 1.29 is 4.74 Å². The number of aryl methyl sites for hydroxylation is 1. The predicted molar refractivity (Wildman–Crippen MR) is 119 cm³/mol. The quantitative estimate of drug-likeness (QED) is 0.558. The molecule has 3 aromatic rings. The molecule has 4 heteroatoms. The Morgan fingerprint density at radius 1 is 1.07 bits per heavy atom. The Labute approximate surface area is 174 Å². The summed E-state index contributed by atoms with van der Waals surface area (Å²) in [5.74, 6) is 1.77. The molecular formula is C25H33N3O. The van der Waals surface area contributed by atoms with Gasteiger partial charge in [0, 0.05) is 19.0 Å². The molecule has 1 aliphatic rings. The molecule has 0 saturated carbocycles. The Balaban J connectivity index is 1.46. The number of hydrogen-bond acceptors (Lipinski definition) is 3. The maximum absolute atomic E-state index is 5.84. The van der Waals surface area contributed by atoms with E-state index in [1.807, 2.05) is 0 Å². The van der Waals surface area contributed by atoms with E-state index in [1.54, 1.807) is 0 Å². The Hall–Kier alpha value is -2.17. The van der Waals surface area contributed by atoms with E-state index in [-0.39, 0.29) is 6.10 Å². The van der Waals surface area contributed by atoms with Crippen LogP contribution in [0, 0.1) is 6.92 Å². The van der Waals surface area contributed by atoms with Crippen LogP contribution < -0.4 is 0 Å². The molecule has 0 radical (unpaired) electrons. The number of benzene rings is 2. The standard InChI is InChI=1S/C25H33N3O/c1-19(2)29-16-15-28-24-10-5-4-9-23(24)26-25(28)22-11-13-27(14-12-22)18-21-8-6-7-20(3)17-21/h4-10,17,19,22H,11-16,18H2,1-3H3. The van der Waals surface area contributed by atoms with Crippen LogP contribution in [0.3, 0.4) is 0 Å². The van der Waals surface area contributed by atoms with E-state index in [0.29, 0.717) is 5.92 Å². The molecule has 2 heterocycles. The zero-order valence-electron chi connectivity index (χ0n) is 18.0. The summed E-state index contributed by atoms with van der Waals surface area (Å²) in [6, 6.07) is 17.4. The molecule has 0 atom stereocenters. The van der Waals surface area contributed by atoms with Crippen molar-refractivity contribution in [2.75, 3.05) is 19.7 Å². The topological polar surface area (TPSA) is 30.3 Å². The van der Waals surface area contributed by atoms with Crippen LogP contribution in [0.4, 0.5) is 0 Å². The second-order valence-electron chi connectivity index (χ2n) is 8.57. The molecule has 0 amide bonds. The van der Waals surface area contributed by atoms with Crippen molar-refractivity contribution in [1.82, 2.24) is 14.5 Å². The molecular weight excluding hydrogens is 358 g/mol. The zero-order chi connectivity index (χ0) is 20.2. The second kappa shape index (κ2) is 9.10. The Bertz CT molecular complexity index is 938. The molecule has 0 spiro atoms.